The van der Waals surface area contributed by atoms with Crippen molar-refractivity contribution in [1.29, 1.82) is 0 Å². The van der Waals surface area contributed by atoms with E-state index in [0.29, 0.717) is 49.7 Å². The Morgan fingerprint density at radius 2 is 1.83 bits per heavy atom. The fourth-order valence-electron chi connectivity index (χ4n) is 4.42. The van der Waals surface area contributed by atoms with E-state index in [0.717, 1.165) is 16.8 Å². The van der Waals surface area contributed by atoms with Crippen LogP contribution < -0.4 is 0 Å². The number of esters is 1. The third-order valence-electron chi connectivity index (χ3n) is 6.25. The molecule has 0 saturated carbocycles. The molecular weight excluding hydrogens is 449 g/mol. The summed E-state index contributed by atoms with van der Waals surface area (Å²) in [6.45, 7) is 9.00. The van der Waals surface area contributed by atoms with Gasteiger partial charge in [0.1, 0.15) is 5.82 Å². The van der Waals surface area contributed by atoms with Crippen LogP contribution in [-0.2, 0) is 9.53 Å². The number of aryl methyl sites for hydroxylation is 1. The van der Waals surface area contributed by atoms with Crippen molar-refractivity contribution in [3.05, 3.63) is 59.3 Å². The van der Waals surface area contributed by atoms with Gasteiger partial charge < -0.3 is 9.64 Å². The van der Waals surface area contributed by atoms with Crippen LogP contribution >= 0.6 is 0 Å². The number of nitrogens with zero attached hydrogens (tertiary/aromatic N) is 5. The molecule has 184 valence electrons. The molecule has 0 unspecified atom stereocenters. The van der Waals surface area contributed by atoms with E-state index in [-0.39, 0.29) is 29.5 Å². The van der Waals surface area contributed by atoms with Crippen LogP contribution in [0.5, 0.6) is 0 Å². The van der Waals surface area contributed by atoms with Gasteiger partial charge in [-0.3, -0.25) is 9.59 Å². The minimum atomic E-state index is -0.315. The maximum atomic E-state index is 13.4. The number of carbonyl (C=O) groups excluding carboxylic acids is 2. The van der Waals surface area contributed by atoms with Crippen LogP contribution in [-0.4, -0.2) is 56.2 Å². The summed E-state index contributed by atoms with van der Waals surface area (Å²) in [7, 11) is 0. The van der Waals surface area contributed by atoms with Crippen molar-refractivity contribution in [2.75, 3.05) is 19.7 Å². The van der Waals surface area contributed by atoms with Crippen molar-refractivity contribution < 1.29 is 18.7 Å². The van der Waals surface area contributed by atoms with Gasteiger partial charge in [-0.1, -0.05) is 13.8 Å². The van der Waals surface area contributed by atoms with Crippen LogP contribution in [0.15, 0.2) is 36.7 Å². The predicted octanol–water partition coefficient (Wildman–Crippen LogP) is 4.32. The zero-order chi connectivity index (χ0) is 25.1. The number of hydrogen-bond donors (Lipinski definition) is 0. The number of rotatable bonds is 6. The number of piperidine rings is 1. The molecule has 3 heterocycles. The van der Waals surface area contributed by atoms with Crippen LogP contribution in [0.3, 0.4) is 0 Å². The minimum absolute atomic E-state index is 0.0207. The first-order chi connectivity index (χ1) is 16.8. The van der Waals surface area contributed by atoms with Gasteiger partial charge in [0.05, 0.1) is 35.7 Å². The molecule has 8 nitrogen and oxygen atoms in total. The second-order valence-electron chi connectivity index (χ2n) is 9.04. The number of benzene rings is 1. The summed E-state index contributed by atoms with van der Waals surface area (Å²) in [6.07, 6.45) is 4.43. The van der Waals surface area contributed by atoms with Crippen LogP contribution in [0.1, 0.15) is 61.1 Å². The van der Waals surface area contributed by atoms with Crippen molar-refractivity contribution in [3.63, 3.8) is 0 Å². The molecule has 1 aliphatic rings. The van der Waals surface area contributed by atoms with Gasteiger partial charge in [0, 0.05) is 24.8 Å². The van der Waals surface area contributed by atoms with Crippen molar-refractivity contribution in [1.82, 2.24) is 24.6 Å². The van der Waals surface area contributed by atoms with Crippen LogP contribution in [0, 0.1) is 18.7 Å². The maximum absolute atomic E-state index is 13.4. The Kier molecular flexibility index (Phi) is 7.23. The van der Waals surface area contributed by atoms with Crippen LogP contribution in [0.2, 0.25) is 0 Å². The molecule has 1 aromatic carbocycles. The first-order valence-electron chi connectivity index (χ1n) is 11.9. The molecule has 1 saturated heterocycles. The fraction of sp³-hybridized carbons (Fsp3) is 0.423. The quantitative estimate of drug-likeness (QED) is 0.489. The molecule has 0 bridgehead atoms. The number of amides is 1. The Labute approximate surface area is 204 Å². The van der Waals surface area contributed by atoms with Gasteiger partial charge in [-0.15, -0.1) is 0 Å². The fourth-order valence-corrected chi connectivity index (χ4v) is 4.42. The highest BCUT2D eigenvalue weighted by atomic mass is 19.1. The number of carbonyl (C=O) groups is 2. The third-order valence-corrected chi connectivity index (χ3v) is 6.25. The van der Waals surface area contributed by atoms with Gasteiger partial charge in [-0.25, -0.2) is 19.0 Å². The summed E-state index contributed by atoms with van der Waals surface area (Å²) < 4.78 is 20.1. The summed E-state index contributed by atoms with van der Waals surface area (Å²) in [5.41, 5.74) is 3.51. The number of hydrogen-bond acceptors (Lipinski definition) is 6. The average molecular weight is 480 g/mol. The molecule has 3 aromatic rings. The second-order valence-corrected chi connectivity index (χ2v) is 9.04. The lowest BCUT2D eigenvalue weighted by molar-refractivity contribution is -0.149. The molecule has 0 aliphatic carbocycles. The predicted molar refractivity (Wildman–Crippen MR) is 129 cm³/mol. The number of likely N-dealkylation sites (tertiary alicyclic amines) is 1. The second kappa shape index (κ2) is 10.3. The highest BCUT2D eigenvalue weighted by Gasteiger charge is 2.31. The zero-order valence-electron chi connectivity index (χ0n) is 20.5. The van der Waals surface area contributed by atoms with E-state index >= 15 is 0 Å². The van der Waals surface area contributed by atoms with Crippen molar-refractivity contribution in [3.8, 4) is 17.2 Å². The third kappa shape index (κ3) is 5.08. The molecule has 2 aromatic heterocycles. The van der Waals surface area contributed by atoms with E-state index in [4.69, 9.17) is 9.72 Å². The van der Waals surface area contributed by atoms with Gasteiger partial charge in [0.25, 0.3) is 11.9 Å². The molecule has 0 N–H and O–H groups in total. The summed E-state index contributed by atoms with van der Waals surface area (Å²) in [5, 5.41) is 4.48. The number of halogens is 1. The topological polar surface area (TPSA) is 90.2 Å². The summed E-state index contributed by atoms with van der Waals surface area (Å²) in [6, 6.07) is 6.14. The number of ether oxygens (including phenoxy) is 1. The minimum Gasteiger partial charge on any atom is -0.466 e. The molecule has 0 spiro atoms. The molecule has 35 heavy (non-hydrogen) atoms. The monoisotopic (exact) mass is 479 g/mol. The van der Waals surface area contributed by atoms with Crippen molar-refractivity contribution in [2.24, 2.45) is 5.92 Å². The van der Waals surface area contributed by atoms with Crippen molar-refractivity contribution >= 4 is 11.9 Å². The zero-order valence-corrected chi connectivity index (χ0v) is 20.5. The van der Waals surface area contributed by atoms with E-state index in [2.05, 4.69) is 10.1 Å². The normalized spacial score (nSPS) is 14.4. The summed E-state index contributed by atoms with van der Waals surface area (Å²) in [5.74, 6) is -0.468. The summed E-state index contributed by atoms with van der Waals surface area (Å²) in [4.78, 5) is 36.4. The maximum Gasteiger partial charge on any atom is 0.309 e. The standard InChI is InChI=1S/C26H30FN5O3/c1-5-35-25(34)19-10-12-31(13-11-19)24(33)21-15-29-32(23(21)16(2)3)26-28-14-17(4)22(30-26)18-6-8-20(27)9-7-18/h6-9,14-16,19H,5,10-13H2,1-4H3. The highest BCUT2D eigenvalue weighted by molar-refractivity contribution is 5.95. The number of aromatic nitrogens is 4. The molecule has 0 radical (unpaired) electrons. The van der Waals surface area contributed by atoms with Gasteiger partial charge >= 0.3 is 5.97 Å². The van der Waals surface area contributed by atoms with Crippen molar-refractivity contribution in [2.45, 2.75) is 46.5 Å². The first kappa shape index (κ1) is 24.5. The molecule has 0 atom stereocenters. The van der Waals surface area contributed by atoms with Gasteiger partial charge in [-0.2, -0.15) is 5.10 Å². The smallest absolute Gasteiger partial charge is 0.309 e. The van der Waals surface area contributed by atoms with E-state index < -0.39 is 0 Å². The Hall–Kier alpha value is -3.62. The Morgan fingerprint density at radius 3 is 2.46 bits per heavy atom. The lowest BCUT2D eigenvalue weighted by Gasteiger charge is -2.31. The van der Waals surface area contributed by atoms with Gasteiger partial charge in [0.2, 0.25) is 0 Å². The van der Waals surface area contributed by atoms with Crippen LogP contribution in [0.25, 0.3) is 17.2 Å². The first-order valence-corrected chi connectivity index (χ1v) is 11.9. The average Bonchev–Trinajstić information content (AvgIpc) is 3.30. The SMILES string of the molecule is CCOC(=O)C1CCN(C(=O)c2cnn(-c3ncc(C)c(-c4ccc(F)cc4)n3)c2C(C)C)CC1. The van der Waals surface area contributed by atoms with Gasteiger partial charge in [-0.05, 0) is 62.4 Å². The Balaban J connectivity index is 1.62. The van der Waals surface area contributed by atoms with E-state index in [9.17, 15) is 14.0 Å². The Bertz CT molecular complexity index is 1210. The largest absolute Gasteiger partial charge is 0.466 e. The molecule has 9 heteroatoms. The molecular formula is C26H30FN5O3. The summed E-state index contributed by atoms with van der Waals surface area (Å²) >= 11 is 0. The molecule has 4 rings (SSSR count). The van der Waals surface area contributed by atoms with Crippen LogP contribution in [0.4, 0.5) is 4.39 Å². The lowest BCUT2D eigenvalue weighted by atomic mass is 9.96. The lowest BCUT2D eigenvalue weighted by Crippen LogP contribution is -2.41. The van der Waals surface area contributed by atoms with E-state index in [1.807, 2.05) is 20.8 Å². The molecule has 1 aliphatic heterocycles. The Morgan fingerprint density at radius 1 is 1.14 bits per heavy atom. The molecule has 1 amide bonds. The van der Waals surface area contributed by atoms with Gasteiger partial charge in [0.15, 0.2) is 0 Å². The van der Waals surface area contributed by atoms with E-state index in [1.165, 1.54) is 12.1 Å². The molecule has 1 fully saturated rings. The highest BCUT2D eigenvalue weighted by Crippen LogP contribution is 2.27. The van der Waals surface area contributed by atoms with E-state index in [1.54, 1.807) is 41.0 Å².